The summed E-state index contributed by atoms with van der Waals surface area (Å²) in [5.74, 6) is 0.0182. The molecule has 1 aromatic carbocycles. The molecule has 4 atom stereocenters. The van der Waals surface area contributed by atoms with Crippen LogP contribution in [0, 0.1) is 5.41 Å². The van der Waals surface area contributed by atoms with E-state index in [-0.39, 0.29) is 30.8 Å². The molecule has 5 rings (SSSR count). The van der Waals surface area contributed by atoms with E-state index in [0.717, 1.165) is 61.5 Å². The van der Waals surface area contributed by atoms with Gasteiger partial charge in [-0.3, -0.25) is 14.5 Å². The number of benzene rings is 1. The van der Waals surface area contributed by atoms with E-state index in [1.54, 1.807) is 9.58 Å². The maximum atomic E-state index is 14.0. The molecule has 10 heteroatoms. The van der Waals surface area contributed by atoms with Gasteiger partial charge in [-0.05, 0) is 55.3 Å². The van der Waals surface area contributed by atoms with Gasteiger partial charge in [0.05, 0.1) is 11.8 Å². The van der Waals surface area contributed by atoms with Crippen molar-refractivity contribution in [2.24, 2.45) is 5.41 Å². The maximum absolute atomic E-state index is 14.0. The van der Waals surface area contributed by atoms with Crippen LogP contribution in [0.3, 0.4) is 0 Å². The molecule has 3 aliphatic rings. The summed E-state index contributed by atoms with van der Waals surface area (Å²) in [6.45, 7) is 8.37. The van der Waals surface area contributed by atoms with Crippen LogP contribution in [0.25, 0.3) is 0 Å². The fourth-order valence-electron chi connectivity index (χ4n) is 6.03. The number of nitrogens with one attached hydrogen (secondary N) is 1. The highest BCUT2D eigenvalue weighted by Gasteiger charge is 2.45. The Morgan fingerprint density at radius 1 is 1.21 bits per heavy atom. The van der Waals surface area contributed by atoms with Crippen LogP contribution < -0.4 is 5.32 Å². The standard InChI is InChI=1S/C29H41ClN6O3/c1-29(2,3)26(36-18-24(32-33-36)20-10-11-20)28(39)35-17-23(37)14-25(35)27(38)31-15-22-9-4-5-12-34(22)16-19-7-6-8-21(30)13-19/h6-8,13,18,20,22-23,25-26,37H,4-5,9-12,14-17H2,1-3H3,(H,31,38)/t22?,23?,25?,26-/m0/s1. The van der Waals surface area contributed by atoms with Crippen molar-refractivity contribution >= 4 is 23.4 Å². The lowest BCUT2D eigenvalue weighted by Gasteiger charge is -2.37. The second-order valence-corrected chi connectivity index (χ2v) is 13.0. The van der Waals surface area contributed by atoms with Gasteiger partial charge in [0, 0.05) is 49.2 Å². The Kier molecular flexibility index (Phi) is 8.31. The second-order valence-electron chi connectivity index (χ2n) is 12.6. The largest absolute Gasteiger partial charge is 0.391 e. The number of carbonyl (C=O) groups is 2. The molecule has 1 aromatic heterocycles. The van der Waals surface area contributed by atoms with Gasteiger partial charge in [0.15, 0.2) is 0 Å². The number of amides is 2. The van der Waals surface area contributed by atoms with Crippen LogP contribution in [0.4, 0.5) is 0 Å². The topological polar surface area (TPSA) is 104 Å². The number of aliphatic hydroxyl groups is 1. The van der Waals surface area contributed by atoms with Gasteiger partial charge < -0.3 is 15.3 Å². The van der Waals surface area contributed by atoms with E-state index in [1.807, 2.05) is 45.2 Å². The zero-order valence-electron chi connectivity index (χ0n) is 23.2. The van der Waals surface area contributed by atoms with Gasteiger partial charge in [0.1, 0.15) is 12.1 Å². The molecule has 2 aromatic rings. The SMILES string of the molecule is CC(C)(C)[C@H](C(=O)N1CC(O)CC1C(=O)NCC1CCCCN1Cc1cccc(Cl)c1)n1cc(C2CC2)nn1. The highest BCUT2D eigenvalue weighted by atomic mass is 35.5. The average molecular weight is 557 g/mol. The predicted molar refractivity (Wildman–Crippen MR) is 149 cm³/mol. The van der Waals surface area contributed by atoms with E-state index in [1.165, 1.54) is 0 Å². The Morgan fingerprint density at radius 3 is 2.72 bits per heavy atom. The van der Waals surface area contributed by atoms with Gasteiger partial charge in [0.2, 0.25) is 11.8 Å². The Labute approximate surface area is 235 Å². The molecule has 0 radical (unpaired) electrons. The fourth-order valence-corrected chi connectivity index (χ4v) is 6.24. The summed E-state index contributed by atoms with van der Waals surface area (Å²) in [6, 6.07) is 6.78. The summed E-state index contributed by atoms with van der Waals surface area (Å²) >= 11 is 6.20. The molecule has 39 heavy (non-hydrogen) atoms. The Bertz CT molecular complexity index is 1180. The fraction of sp³-hybridized carbons (Fsp3) is 0.655. The molecule has 9 nitrogen and oxygen atoms in total. The van der Waals surface area contributed by atoms with E-state index >= 15 is 0 Å². The number of nitrogens with zero attached hydrogens (tertiary/aromatic N) is 5. The molecule has 1 saturated carbocycles. The molecule has 3 heterocycles. The lowest BCUT2D eigenvalue weighted by molar-refractivity contribution is -0.144. The minimum absolute atomic E-state index is 0.137. The number of halogens is 1. The highest BCUT2D eigenvalue weighted by Crippen LogP contribution is 2.40. The number of aromatic nitrogens is 3. The van der Waals surface area contributed by atoms with Crippen molar-refractivity contribution in [1.82, 2.24) is 30.1 Å². The van der Waals surface area contributed by atoms with Gasteiger partial charge >= 0.3 is 0 Å². The molecule has 3 fully saturated rings. The summed E-state index contributed by atoms with van der Waals surface area (Å²) in [5.41, 5.74) is 1.62. The van der Waals surface area contributed by atoms with Crippen molar-refractivity contribution in [3.05, 3.63) is 46.7 Å². The third kappa shape index (κ3) is 6.64. The van der Waals surface area contributed by atoms with Crippen molar-refractivity contribution in [2.45, 2.75) is 96.0 Å². The van der Waals surface area contributed by atoms with Crippen molar-refractivity contribution in [3.8, 4) is 0 Å². The highest BCUT2D eigenvalue weighted by molar-refractivity contribution is 6.30. The van der Waals surface area contributed by atoms with Gasteiger partial charge in [-0.25, -0.2) is 4.68 Å². The van der Waals surface area contributed by atoms with Crippen LogP contribution in [0.15, 0.2) is 30.5 Å². The molecule has 1 aliphatic carbocycles. The molecule has 2 N–H and O–H groups in total. The molecule has 3 unspecified atom stereocenters. The first-order valence-electron chi connectivity index (χ1n) is 14.3. The smallest absolute Gasteiger partial charge is 0.248 e. The lowest BCUT2D eigenvalue weighted by Crippen LogP contribution is -2.53. The first-order chi connectivity index (χ1) is 18.6. The van der Waals surface area contributed by atoms with Gasteiger partial charge in [-0.1, -0.05) is 56.1 Å². The van der Waals surface area contributed by atoms with Gasteiger partial charge in [0.25, 0.3) is 0 Å². The number of likely N-dealkylation sites (tertiary alicyclic amines) is 2. The lowest BCUT2D eigenvalue weighted by atomic mass is 9.85. The molecule has 0 bridgehead atoms. The number of piperidine rings is 1. The minimum Gasteiger partial charge on any atom is -0.391 e. The predicted octanol–water partition coefficient (Wildman–Crippen LogP) is 3.53. The molecular weight excluding hydrogens is 516 g/mol. The summed E-state index contributed by atoms with van der Waals surface area (Å²) in [5, 5.41) is 23.0. The Morgan fingerprint density at radius 2 is 2.00 bits per heavy atom. The Balaban J connectivity index is 1.26. The number of β-amino-alcohol motifs (C(OH)–C–C–N with tert-alkyl or cyclic N) is 1. The second kappa shape index (κ2) is 11.6. The van der Waals surface area contributed by atoms with E-state index in [4.69, 9.17) is 11.6 Å². The van der Waals surface area contributed by atoms with Crippen molar-refractivity contribution in [2.75, 3.05) is 19.6 Å². The summed E-state index contributed by atoms with van der Waals surface area (Å²) < 4.78 is 1.66. The monoisotopic (exact) mass is 556 g/mol. The third-order valence-electron chi connectivity index (χ3n) is 8.24. The third-order valence-corrected chi connectivity index (χ3v) is 8.48. The molecule has 2 aliphatic heterocycles. The maximum Gasteiger partial charge on any atom is 0.248 e. The molecule has 212 valence electrons. The number of hydrogen-bond acceptors (Lipinski definition) is 6. The van der Waals surface area contributed by atoms with Crippen molar-refractivity contribution in [1.29, 1.82) is 0 Å². The van der Waals surface area contributed by atoms with Crippen LogP contribution in [0.1, 0.15) is 82.5 Å². The first kappa shape index (κ1) is 28.1. The van der Waals surface area contributed by atoms with Crippen molar-refractivity contribution < 1.29 is 14.7 Å². The quantitative estimate of drug-likeness (QED) is 0.515. The van der Waals surface area contributed by atoms with E-state index in [2.05, 4.69) is 26.6 Å². The van der Waals surface area contributed by atoms with Crippen LogP contribution in [-0.4, -0.2) is 79.5 Å². The van der Waals surface area contributed by atoms with Crippen molar-refractivity contribution in [3.63, 3.8) is 0 Å². The Hall–Kier alpha value is -2.49. The van der Waals surface area contributed by atoms with Crippen LogP contribution in [0.2, 0.25) is 5.02 Å². The summed E-state index contributed by atoms with van der Waals surface area (Å²) in [6.07, 6.45) is 6.82. The van der Waals surface area contributed by atoms with Crippen LogP contribution in [-0.2, 0) is 16.1 Å². The summed E-state index contributed by atoms with van der Waals surface area (Å²) in [4.78, 5) is 31.4. The molecule has 0 spiro atoms. The van der Waals surface area contributed by atoms with Crippen LogP contribution in [0.5, 0.6) is 0 Å². The zero-order chi connectivity index (χ0) is 27.7. The number of rotatable bonds is 8. The van der Waals surface area contributed by atoms with E-state index < -0.39 is 23.6 Å². The van der Waals surface area contributed by atoms with Gasteiger partial charge in [-0.2, -0.15) is 0 Å². The zero-order valence-corrected chi connectivity index (χ0v) is 24.0. The minimum atomic E-state index is -0.739. The number of carbonyl (C=O) groups excluding carboxylic acids is 2. The number of aliphatic hydroxyl groups excluding tert-OH is 1. The summed E-state index contributed by atoms with van der Waals surface area (Å²) in [7, 11) is 0. The van der Waals surface area contributed by atoms with Crippen LogP contribution >= 0.6 is 11.6 Å². The number of hydrogen-bond donors (Lipinski definition) is 2. The molecular formula is C29H41ClN6O3. The molecule has 2 saturated heterocycles. The first-order valence-corrected chi connectivity index (χ1v) is 14.6. The van der Waals surface area contributed by atoms with E-state index in [0.29, 0.717) is 12.5 Å². The normalized spacial score (nSPS) is 25.1. The average Bonchev–Trinajstić information content (AvgIpc) is 3.49. The molecule has 2 amide bonds. The van der Waals surface area contributed by atoms with Gasteiger partial charge in [-0.15, -0.1) is 5.10 Å². The van der Waals surface area contributed by atoms with E-state index in [9.17, 15) is 14.7 Å².